The fourth-order valence-corrected chi connectivity index (χ4v) is 3.78. The first-order valence-corrected chi connectivity index (χ1v) is 7.20. The molecule has 0 aliphatic carbocycles. The molecule has 1 fully saturated rings. The molecule has 1 heterocycles. The van der Waals surface area contributed by atoms with Crippen LogP contribution in [-0.2, 0) is 10.2 Å². The lowest BCUT2D eigenvalue weighted by molar-refractivity contribution is 0.358. The summed E-state index contributed by atoms with van der Waals surface area (Å²) in [5.41, 5.74) is 0. The van der Waals surface area contributed by atoms with Gasteiger partial charge in [-0.3, -0.25) is 0 Å². The van der Waals surface area contributed by atoms with Crippen molar-refractivity contribution in [2.24, 2.45) is 11.8 Å². The Morgan fingerprint density at radius 3 is 2.46 bits per heavy atom. The van der Waals surface area contributed by atoms with Crippen LogP contribution < -0.4 is 0 Å². The third-order valence-electron chi connectivity index (χ3n) is 2.53. The van der Waals surface area contributed by atoms with E-state index in [1.165, 1.54) is 0 Å². The van der Waals surface area contributed by atoms with Crippen molar-refractivity contribution in [1.82, 2.24) is 0 Å². The number of thioether (sulfide) groups is 1. The van der Waals surface area contributed by atoms with Crippen molar-refractivity contribution < 1.29 is 12.3 Å². The van der Waals surface area contributed by atoms with Crippen molar-refractivity contribution in [3.63, 3.8) is 0 Å². The molecule has 0 spiro atoms. The molecule has 1 unspecified atom stereocenters. The van der Waals surface area contributed by atoms with Crippen LogP contribution in [0.1, 0.15) is 19.8 Å². The Morgan fingerprint density at radius 2 is 2.00 bits per heavy atom. The van der Waals surface area contributed by atoms with Gasteiger partial charge in [-0.2, -0.15) is 20.2 Å². The van der Waals surface area contributed by atoms with Gasteiger partial charge in [-0.05, 0) is 36.2 Å². The second kappa shape index (κ2) is 4.64. The van der Waals surface area contributed by atoms with Crippen LogP contribution in [0.15, 0.2) is 0 Å². The minimum absolute atomic E-state index is 0.0316. The van der Waals surface area contributed by atoms with Gasteiger partial charge in [0.05, 0.1) is 5.75 Å². The molecule has 2 nitrogen and oxygen atoms in total. The summed E-state index contributed by atoms with van der Waals surface area (Å²) in [5.74, 6) is 2.23. The zero-order valence-corrected chi connectivity index (χ0v) is 9.33. The standard InChI is InChI=1S/C8H15FO2S2/c1-7(6-13(9,10)11)8-2-4-12-5-3-8/h7-8H,2-6H2,1H3. The van der Waals surface area contributed by atoms with Crippen molar-refractivity contribution in [3.05, 3.63) is 0 Å². The highest BCUT2D eigenvalue weighted by Gasteiger charge is 2.24. The molecule has 5 heteroatoms. The normalized spacial score (nSPS) is 22.9. The molecule has 0 amide bonds. The van der Waals surface area contributed by atoms with E-state index in [4.69, 9.17) is 0 Å². The van der Waals surface area contributed by atoms with Crippen LogP contribution in [0.3, 0.4) is 0 Å². The molecule has 0 saturated carbocycles. The molecule has 1 atom stereocenters. The first-order valence-electron chi connectivity index (χ1n) is 4.49. The molecule has 78 valence electrons. The average molecular weight is 226 g/mol. The van der Waals surface area contributed by atoms with Crippen molar-refractivity contribution in [1.29, 1.82) is 0 Å². The van der Waals surface area contributed by atoms with Gasteiger partial charge in [0.2, 0.25) is 0 Å². The first-order chi connectivity index (χ1) is 5.99. The highest BCUT2D eigenvalue weighted by Crippen LogP contribution is 2.29. The van der Waals surface area contributed by atoms with Gasteiger partial charge in [-0.15, -0.1) is 3.89 Å². The molecule has 1 rings (SSSR count). The predicted molar refractivity (Wildman–Crippen MR) is 54.1 cm³/mol. The number of rotatable bonds is 3. The third kappa shape index (κ3) is 4.31. The Morgan fingerprint density at radius 1 is 1.46 bits per heavy atom. The van der Waals surface area contributed by atoms with Gasteiger partial charge in [0.15, 0.2) is 0 Å². The Bertz CT molecular complexity index is 245. The summed E-state index contributed by atoms with van der Waals surface area (Å²) in [4.78, 5) is 0. The van der Waals surface area contributed by atoms with E-state index in [0.29, 0.717) is 5.92 Å². The smallest absolute Gasteiger partial charge is 0.195 e. The third-order valence-corrected chi connectivity index (χ3v) is 4.51. The number of hydrogen-bond acceptors (Lipinski definition) is 3. The van der Waals surface area contributed by atoms with Crippen LogP contribution in [-0.4, -0.2) is 25.7 Å². The molecule has 1 aliphatic rings. The molecule has 0 aromatic carbocycles. The van der Waals surface area contributed by atoms with Gasteiger partial charge in [0.25, 0.3) is 0 Å². The number of halogens is 1. The maximum absolute atomic E-state index is 12.4. The highest BCUT2D eigenvalue weighted by atomic mass is 32.3. The summed E-state index contributed by atoms with van der Waals surface area (Å²) in [7, 11) is -4.28. The highest BCUT2D eigenvalue weighted by molar-refractivity contribution is 7.99. The fourth-order valence-electron chi connectivity index (χ4n) is 1.73. The van der Waals surface area contributed by atoms with Crippen molar-refractivity contribution in [2.75, 3.05) is 17.3 Å². The lowest BCUT2D eigenvalue weighted by Gasteiger charge is -2.26. The minimum Gasteiger partial charge on any atom is -0.195 e. The van der Waals surface area contributed by atoms with Gasteiger partial charge < -0.3 is 0 Å². The quantitative estimate of drug-likeness (QED) is 0.691. The molecular formula is C8H15FO2S2. The van der Waals surface area contributed by atoms with Gasteiger partial charge >= 0.3 is 10.2 Å². The Balaban J connectivity index is 2.42. The summed E-state index contributed by atoms with van der Waals surface area (Å²) >= 11 is 1.89. The maximum Gasteiger partial charge on any atom is 0.302 e. The largest absolute Gasteiger partial charge is 0.302 e. The summed E-state index contributed by atoms with van der Waals surface area (Å²) < 4.78 is 33.2. The van der Waals surface area contributed by atoms with Crippen molar-refractivity contribution in [2.45, 2.75) is 19.8 Å². The van der Waals surface area contributed by atoms with Gasteiger partial charge in [-0.1, -0.05) is 6.92 Å². The van der Waals surface area contributed by atoms with Crippen LogP contribution in [0.5, 0.6) is 0 Å². The van der Waals surface area contributed by atoms with E-state index in [1.54, 1.807) is 0 Å². The Kier molecular flexibility index (Phi) is 4.04. The monoisotopic (exact) mass is 226 g/mol. The van der Waals surface area contributed by atoms with E-state index in [-0.39, 0.29) is 11.7 Å². The molecule has 0 aromatic heterocycles. The van der Waals surface area contributed by atoms with E-state index >= 15 is 0 Å². The molecule has 13 heavy (non-hydrogen) atoms. The second-order valence-corrected chi connectivity index (χ2v) is 6.27. The molecule has 1 aliphatic heterocycles. The zero-order chi connectivity index (χ0) is 9.90. The van der Waals surface area contributed by atoms with Crippen LogP contribution in [0.4, 0.5) is 3.89 Å². The molecular weight excluding hydrogens is 211 g/mol. The lowest BCUT2D eigenvalue weighted by Crippen LogP contribution is -2.22. The predicted octanol–water partition coefficient (Wildman–Crippen LogP) is 2.06. The summed E-state index contributed by atoms with van der Waals surface area (Å²) in [6.07, 6.45) is 2.06. The molecule has 0 radical (unpaired) electrons. The van der Waals surface area contributed by atoms with Gasteiger partial charge in [0.1, 0.15) is 0 Å². The second-order valence-electron chi connectivity index (χ2n) is 3.63. The van der Waals surface area contributed by atoms with Crippen molar-refractivity contribution in [3.8, 4) is 0 Å². The topological polar surface area (TPSA) is 34.1 Å². The maximum atomic E-state index is 12.4. The Labute approximate surface area is 83.5 Å². The van der Waals surface area contributed by atoms with Gasteiger partial charge in [0, 0.05) is 0 Å². The molecule has 1 saturated heterocycles. The van der Waals surface area contributed by atoms with Crippen molar-refractivity contribution >= 4 is 22.0 Å². The zero-order valence-electron chi connectivity index (χ0n) is 7.70. The van der Waals surface area contributed by atoms with Gasteiger partial charge in [-0.25, -0.2) is 0 Å². The minimum atomic E-state index is -4.28. The lowest BCUT2D eigenvalue weighted by atomic mass is 9.90. The van der Waals surface area contributed by atoms with Crippen LogP contribution in [0.2, 0.25) is 0 Å². The number of hydrogen-bond donors (Lipinski definition) is 0. The molecule has 0 aromatic rings. The molecule has 0 bridgehead atoms. The van der Waals surface area contributed by atoms with E-state index < -0.39 is 10.2 Å². The Hall–Kier alpha value is 0.230. The van der Waals surface area contributed by atoms with E-state index in [9.17, 15) is 12.3 Å². The summed E-state index contributed by atoms with van der Waals surface area (Å²) in [5, 5.41) is 0. The SMILES string of the molecule is CC(CS(=O)(=O)F)C1CCSCC1. The van der Waals surface area contributed by atoms with E-state index in [1.807, 2.05) is 18.7 Å². The van der Waals surface area contributed by atoms with E-state index in [2.05, 4.69) is 0 Å². The van der Waals surface area contributed by atoms with Crippen LogP contribution in [0, 0.1) is 11.8 Å². The fraction of sp³-hybridized carbons (Fsp3) is 1.00. The van der Waals surface area contributed by atoms with Crippen LogP contribution in [0.25, 0.3) is 0 Å². The summed E-state index contributed by atoms with van der Waals surface area (Å²) in [6.45, 7) is 1.83. The average Bonchev–Trinajstić information content (AvgIpc) is 2.03. The summed E-state index contributed by atoms with van der Waals surface area (Å²) in [6, 6.07) is 0. The molecule has 0 N–H and O–H groups in total. The first kappa shape index (κ1) is 11.3. The van der Waals surface area contributed by atoms with E-state index in [0.717, 1.165) is 24.3 Å². The van der Waals surface area contributed by atoms with Crippen LogP contribution >= 0.6 is 11.8 Å².